The molecule has 1 heterocycles. The van der Waals surface area contributed by atoms with Gasteiger partial charge in [-0.15, -0.1) is 6.54 Å². The quantitative estimate of drug-likeness (QED) is 0.222. The molecule has 1 aliphatic heterocycles. The molecule has 3 nitrogen and oxygen atoms in total. The van der Waals surface area contributed by atoms with Crippen LogP contribution in [0.1, 0.15) is 104 Å². The van der Waals surface area contributed by atoms with Gasteiger partial charge in [0.25, 0.3) is 0 Å². The van der Waals surface area contributed by atoms with Crippen molar-refractivity contribution in [3.63, 3.8) is 0 Å². The van der Waals surface area contributed by atoms with Crippen LogP contribution in [0.4, 0.5) is 0 Å². The van der Waals surface area contributed by atoms with Gasteiger partial charge in [-0.3, -0.25) is 11.2 Å². The molecule has 154 valence electrons. The van der Waals surface area contributed by atoms with Gasteiger partial charge in [0.15, 0.2) is 0 Å². The number of nitrogens with zero attached hydrogens (tertiary/aromatic N) is 1. The molecule has 1 atom stereocenters. The van der Waals surface area contributed by atoms with Gasteiger partial charge < -0.3 is 10.2 Å². The molecule has 0 aromatic carbocycles. The van der Waals surface area contributed by atoms with Crippen molar-refractivity contribution in [2.24, 2.45) is 0 Å². The van der Waals surface area contributed by atoms with Gasteiger partial charge in [-0.2, -0.15) is 0 Å². The van der Waals surface area contributed by atoms with Gasteiger partial charge in [-0.25, -0.2) is 0 Å². The SMILES string of the molecule is CCCCCCCCCCCCCCC(=O)N[C@H]1[CH-]CN(C(C)C)C1.[W]. The number of rotatable bonds is 15. The van der Waals surface area contributed by atoms with E-state index in [2.05, 4.69) is 37.4 Å². The van der Waals surface area contributed by atoms with Gasteiger partial charge in [0.1, 0.15) is 0 Å². The second kappa shape index (κ2) is 17.2. The van der Waals surface area contributed by atoms with E-state index in [-0.39, 0.29) is 33.0 Å². The summed E-state index contributed by atoms with van der Waals surface area (Å²) < 4.78 is 0. The Morgan fingerprint density at radius 2 is 1.46 bits per heavy atom. The molecule has 0 saturated carbocycles. The summed E-state index contributed by atoms with van der Waals surface area (Å²) >= 11 is 0. The number of hydrogen-bond acceptors (Lipinski definition) is 2. The number of hydrogen-bond donors (Lipinski definition) is 1. The average Bonchev–Trinajstić information content (AvgIpc) is 3.04. The van der Waals surface area contributed by atoms with Gasteiger partial charge in [-0.05, 0) is 26.8 Å². The number of nitrogens with one attached hydrogen (secondary N) is 1. The van der Waals surface area contributed by atoms with Crippen molar-refractivity contribution in [3.05, 3.63) is 6.42 Å². The average molecular weight is 535 g/mol. The van der Waals surface area contributed by atoms with Gasteiger partial charge in [0.2, 0.25) is 5.91 Å². The zero-order chi connectivity index (χ0) is 18.3. The normalized spacial score (nSPS) is 17.5. The van der Waals surface area contributed by atoms with E-state index in [4.69, 9.17) is 0 Å². The van der Waals surface area contributed by atoms with E-state index < -0.39 is 0 Å². The largest absolute Gasteiger partial charge is 0.382 e. The second-order valence-electron chi connectivity index (χ2n) is 8.10. The molecule has 0 aliphatic carbocycles. The van der Waals surface area contributed by atoms with Crippen LogP contribution in [0.15, 0.2) is 0 Å². The summed E-state index contributed by atoms with van der Waals surface area (Å²) in [5, 5.41) is 3.17. The van der Waals surface area contributed by atoms with E-state index in [0.717, 1.165) is 19.5 Å². The molecule has 0 bridgehead atoms. The maximum absolute atomic E-state index is 12.0. The van der Waals surface area contributed by atoms with Crippen molar-refractivity contribution in [2.45, 2.75) is 116 Å². The maximum Gasteiger partial charge on any atom is 0.217 e. The molecule has 0 aromatic heterocycles. The van der Waals surface area contributed by atoms with Crippen LogP contribution in [0.2, 0.25) is 0 Å². The molecule has 1 aliphatic rings. The van der Waals surface area contributed by atoms with E-state index >= 15 is 0 Å². The fourth-order valence-corrected chi connectivity index (χ4v) is 3.60. The van der Waals surface area contributed by atoms with Crippen LogP contribution in [0.25, 0.3) is 0 Å². The third-order valence-electron chi connectivity index (χ3n) is 5.39. The molecule has 1 N–H and O–H groups in total. The standard InChI is InChI=1S/C22H43N2O.W/c1-4-5-6-7-8-9-10-11-12-13-14-15-16-22(25)23-21-17-18-24(19-21)20(2)3;/h17,20-21H,4-16,18-19H2,1-3H3,(H,23,25);/q-1;/t21-;/m0./s1. The molecule has 0 radical (unpaired) electrons. The van der Waals surface area contributed by atoms with Crippen LogP contribution in [0, 0.1) is 6.42 Å². The predicted octanol–water partition coefficient (Wildman–Crippen LogP) is 5.49. The molecule has 1 fully saturated rings. The number of carbonyl (C=O) groups is 1. The summed E-state index contributed by atoms with van der Waals surface area (Å²) in [6.07, 6.45) is 19.0. The van der Waals surface area contributed by atoms with Crippen molar-refractivity contribution in [3.8, 4) is 0 Å². The van der Waals surface area contributed by atoms with E-state index in [9.17, 15) is 4.79 Å². The van der Waals surface area contributed by atoms with Gasteiger partial charge in [0.05, 0.1) is 0 Å². The van der Waals surface area contributed by atoms with Crippen molar-refractivity contribution < 1.29 is 25.9 Å². The molecular formula is C22H43N2OW-. The smallest absolute Gasteiger partial charge is 0.217 e. The minimum Gasteiger partial charge on any atom is -0.382 e. The van der Waals surface area contributed by atoms with E-state index in [0.29, 0.717) is 12.5 Å². The molecule has 0 aromatic rings. The number of carbonyl (C=O) groups excluding carboxylic acids is 1. The topological polar surface area (TPSA) is 32.3 Å². The van der Waals surface area contributed by atoms with E-state index in [1.54, 1.807) is 0 Å². The summed E-state index contributed by atoms with van der Waals surface area (Å²) in [7, 11) is 0. The van der Waals surface area contributed by atoms with Gasteiger partial charge in [-0.1, -0.05) is 83.6 Å². The molecule has 1 amide bonds. The molecule has 26 heavy (non-hydrogen) atoms. The predicted molar refractivity (Wildman–Crippen MR) is 109 cm³/mol. The third-order valence-corrected chi connectivity index (χ3v) is 5.39. The Labute approximate surface area is 177 Å². The first-order chi connectivity index (χ1) is 12.1. The maximum atomic E-state index is 12.0. The van der Waals surface area contributed by atoms with Crippen LogP contribution >= 0.6 is 0 Å². The van der Waals surface area contributed by atoms with Gasteiger partial charge >= 0.3 is 0 Å². The molecular weight excluding hydrogens is 492 g/mol. The third kappa shape index (κ3) is 13.3. The zero-order valence-corrected chi connectivity index (χ0v) is 20.5. The summed E-state index contributed by atoms with van der Waals surface area (Å²) in [5.74, 6) is 0.235. The first-order valence-corrected chi connectivity index (χ1v) is 11.0. The Balaban J connectivity index is 0.00000625. The summed E-state index contributed by atoms with van der Waals surface area (Å²) in [4.78, 5) is 14.4. The van der Waals surface area contributed by atoms with E-state index in [1.165, 1.54) is 70.6 Å². The van der Waals surface area contributed by atoms with Crippen molar-refractivity contribution in [2.75, 3.05) is 13.1 Å². The monoisotopic (exact) mass is 535 g/mol. The van der Waals surface area contributed by atoms with E-state index in [1.807, 2.05) is 0 Å². The van der Waals surface area contributed by atoms with Crippen LogP contribution < -0.4 is 5.32 Å². The summed E-state index contributed by atoms with van der Waals surface area (Å²) in [6, 6.07) is 0.821. The van der Waals surface area contributed by atoms with Crippen molar-refractivity contribution in [1.29, 1.82) is 0 Å². The minimum absolute atomic E-state index is 0. The summed E-state index contributed by atoms with van der Waals surface area (Å²) in [6.45, 7) is 8.68. The molecule has 0 spiro atoms. The molecule has 1 saturated heterocycles. The van der Waals surface area contributed by atoms with Crippen LogP contribution in [-0.4, -0.2) is 36.0 Å². The Morgan fingerprint density at radius 3 is 1.92 bits per heavy atom. The summed E-state index contributed by atoms with van der Waals surface area (Å²) in [5.41, 5.74) is 0. The Morgan fingerprint density at radius 1 is 0.962 bits per heavy atom. The minimum atomic E-state index is 0. The molecule has 0 unspecified atom stereocenters. The fraction of sp³-hybridized carbons (Fsp3) is 0.909. The van der Waals surface area contributed by atoms with Crippen LogP contribution in [0.3, 0.4) is 0 Å². The van der Waals surface area contributed by atoms with Crippen molar-refractivity contribution in [1.82, 2.24) is 10.2 Å². The van der Waals surface area contributed by atoms with Gasteiger partial charge in [0, 0.05) is 33.5 Å². The first kappa shape index (κ1) is 26.1. The zero-order valence-electron chi connectivity index (χ0n) is 17.6. The molecule has 1 rings (SSSR count). The Hall–Kier alpha value is 0.118. The Kier molecular flexibility index (Phi) is 17.3. The second-order valence-corrected chi connectivity index (χ2v) is 8.10. The first-order valence-electron chi connectivity index (χ1n) is 11.0. The van der Waals surface area contributed by atoms with Crippen LogP contribution in [-0.2, 0) is 25.9 Å². The fourth-order valence-electron chi connectivity index (χ4n) is 3.60. The number of amides is 1. The number of unbranched alkanes of at least 4 members (excludes halogenated alkanes) is 11. The Bertz CT molecular complexity index is 336. The molecule has 4 heteroatoms. The van der Waals surface area contributed by atoms with Crippen molar-refractivity contribution >= 4 is 5.91 Å². The number of likely N-dealkylation sites (tertiary alicyclic amines) is 1. The van der Waals surface area contributed by atoms with Crippen LogP contribution in [0.5, 0.6) is 0 Å².